The minimum absolute atomic E-state index is 0.0481. The molecule has 0 unspecified atom stereocenters. The maximum absolute atomic E-state index is 13.9. The van der Waals surface area contributed by atoms with Crippen molar-refractivity contribution in [1.29, 1.82) is 0 Å². The molecule has 1 fully saturated rings. The summed E-state index contributed by atoms with van der Waals surface area (Å²) in [5.41, 5.74) is -2.65. The summed E-state index contributed by atoms with van der Waals surface area (Å²) in [4.78, 5) is 19.2. The Morgan fingerprint density at radius 2 is 2.18 bits per heavy atom. The molecule has 0 amide bonds. The average molecular weight is 398 g/mol. The van der Waals surface area contributed by atoms with E-state index in [-0.39, 0.29) is 23.3 Å². The van der Waals surface area contributed by atoms with Crippen LogP contribution in [0.15, 0.2) is 18.5 Å². The van der Waals surface area contributed by atoms with Crippen LogP contribution in [0.1, 0.15) is 30.4 Å². The van der Waals surface area contributed by atoms with Gasteiger partial charge in [0.05, 0.1) is 12.7 Å². The van der Waals surface area contributed by atoms with E-state index in [1.165, 1.54) is 0 Å². The Bertz CT molecular complexity index is 974. The van der Waals surface area contributed by atoms with Crippen LogP contribution in [0.2, 0.25) is 0 Å². The lowest BCUT2D eigenvalue weighted by molar-refractivity contribution is -0.707. The fourth-order valence-corrected chi connectivity index (χ4v) is 3.27. The highest BCUT2D eigenvalue weighted by atomic mass is 19.4. The van der Waals surface area contributed by atoms with Gasteiger partial charge in [-0.2, -0.15) is 17.6 Å². The van der Waals surface area contributed by atoms with E-state index in [4.69, 9.17) is 6.57 Å². The maximum Gasteiger partial charge on any atom is 0.442 e. The van der Waals surface area contributed by atoms with Gasteiger partial charge in [-0.05, 0) is 24.1 Å². The molecule has 2 aromatic rings. The Labute approximate surface area is 156 Å². The molecular weight excluding hydrogens is 384 g/mol. The zero-order valence-electron chi connectivity index (χ0n) is 14.6. The third kappa shape index (κ3) is 3.04. The van der Waals surface area contributed by atoms with Crippen molar-refractivity contribution >= 4 is 11.6 Å². The molecule has 1 aliphatic rings. The number of hydrogen-bond donors (Lipinski definition) is 0. The number of ketones is 1. The summed E-state index contributed by atoms with van der Waals surface area (Å²) >= 11 is 0. The molecule has 28 heavy (non-hydrogen) atoms. The minimum Gasteiger partial charge on any atom is -0.593 e. The molecule has 2 aromatic heterocycles. The molecule has 0 aromatic carbocycles. The molecule has 2 heterocycles. The average Bonchev–Trinajstić information content (AvgIpc) is 2.87. The Balaban J connectivity index is 1.95. The van der Waals surface area contributed by atoms with Crippen molar-refractivity contribution in [3.05, 3.63) is 52.0 Å². The summed E-state index contributed by atoms with van der Waals surface area (Å²) in [7, 11) is 1.11. The predicted molar refractivity (Wildman–Crippen MR) is 85.9 cm³/mol. The van der Waals surface area contributed by atoms with Crippen molar-refractivity contribution in [2.24, 2.45) is 0 Å². The number of halogens is 4. The normalized spacial score (nSPS) is 15.6. The van der Waals surface area contributed by atoms with E-state index in [1.54, 1.807) is 0 Å². The van der Waals surface area contributed by atoms with E-state index < -0.39 is 47.0 Å². The van der Waals surface area contributed by atoms with Crippen molar-refractivity contribution in [3.63, 3.8) is 0 Å². The van der Waals surface area contributed by atoms with Crippen LogP contribution >= 0.6 is 0 Å². The van der Waals surface area contributed by atoms with Gasteiger partial charge in [-0.3, -0.25) is 4.79 Å². The molecule has 0 aliphatic heterocycles. The molecular formula is C17H14F4N4O3. The molecule has 0 atom stereocenters. The minimum atomic E-state index is -4.80. The lowest BCUT2D eigenvalue weighted by atomic mass is 9.72. The largest absolute Gasteiger partial charge is 0.593 e. The first-order valence-electron chi connectivity index (χ1n) is 8.16. The number of carbonyl (C=O) groups is 1. The summed E-state index contributed by atoms with van der Waals surface area (Å²) in [6.45, 7) is 6.80. The molecule has 0 radical (unpaired) electrons. The number of carbonyl (C=O) groups excluding carboxylic acids is 1. The van der Waals surface area contributed by atoms with Gasteiger partial charge in [-0.1, -0.05) is 12.6 Å². The van der Waals surface area contributed by atoms with Gasteiger partial charge in [0.2, 0.25) is 0 Å². The quantitative estimate of drug-likeness (QED) is 0.336. The van der Waals surface area contributed by atoms with Gasteiger partial charge in [0, 0.05) is 12.0 Å². The van der Waals surface area contributed by atoms with Crippen LogP contribution in [0.5, 0.6) is 5.88 Å². The van der Waals surface area contributed by atoms with E-state index >= 15 is 0 Å². The zero-order valence-corrected chi connectivity index (χ0v) is 14.6. The second kappa shape index (κ2) is 6.78. The number of Topliss-reactive ketones (excluding diaryl/α,β-unsaturated/α-hetero) is 1. The summed E-state index contributed by atoms with van der Waals surface area (Å²) in [6.07, 6.45) is -2.29. The van der Waals surface area contributed by atoms with Crippen LogP contribution < -0.4 is 9.58 Å². The van der Waals surface area contributed by atoms with Gasteiger partial charge in [0.15, 0.2) is 11.3 Å². The van der Waals surface area contributed by atoms with Gasteiger partial charge in [-0.15, -0.1) is 9.67 Å². The summed E-state index contributed by atoms with van der Waals surface area (Å²) in [5.74, 6) is -2.90. The van der Waals surface area contributed by atoms with E-state index in [9.17, 15) is 27.6 Å². The number of hydrogen-bond acceptors (Lipinski definition) is 4. The summed E-state index contributed by atoms with van der Waals surface area (Å²) in [6, 6.07) is 0.701. The standard InChI is InChI=1S/C17H14F4N4O3/c1-22-14-11(17(19,20)21)6-10(8-23-14)7-13(26)16(4-3-5-16)24-9-12(18)15(28-2)25(24)27/h6,8-9H,3-5,7H2,2H3. The highest BCUT2D eigenvalue weighted by Gasteiger charge is 2.51. The third-order valence-electron chi connectivity index (χ3n) is 4.84. The second-order valence-corrected chi connectivity index (χ2v) is 6.41. The molecule has 11 heteroatoms. The van der Waals surface area contributed by atoms with Gasteiger partial charge in [0.25, 0.3) is 11.6 Å². The first kappa shape index (κ1) is 19.6. The molecule has 0 spiro atoms. The Morgan fingerprint density at radius 3 is 2.64 bits per heavy atom. The number of alkyl halides is 3. The molecule has 0 saturated heterocycles. The Morgan fingerprint density at radius 1 is 1.50 bits per heavy atom. The van der Waals surface area contributed by atoms with Crippen molar-refractivity contribution in [2.45, 2.75) is 37.4 Å². The summed E-state index contributed by atoms with van der Waals surface area (Å²) in [5, 5.41) is 12.3. The SMILES string of the molecule is [C-]#[N+]c1ncc(CC(=O)C2(n3cc(F)c(OC)[n+]3[O-])CCC2)cc1C(F)(F)F. The highest BCUT2D eigenvalue weighted by Crippen LogP contribution is 2.41. The van der Waals surface area contributed by atoms with Crippen molar-refractivity contribution in [3.8, 4) is 5.88 Å². The van der Waals surface area contributed by atoms with E-state index in [1.807, 2.05) is 0 Å². The predicted octanol–water partition coefficient (Wildman–Crippen LogP) is 2.92. The highest BCUT2D eigenvalue weighted by molar-refractivity contribution is 5.89. The van der Waals surface area contributed by atoms with Crippen molar-refractivity contribution < 1.29 is 31.9 Å². The first-order valence-corrected chi connectivity index (χ1v) is 8.16. The smallest absolute Gasteiger partial charge is 0.442 e. The molecule has 0 bridgehead atoms. The van der Waals surface area contributed by atoms with Gasteiger partial charge < -0.3 is 14.8 Å². The maximum atomic E-state index is 13.9. The molecule has 1 saturated carbocycles. The lowest BCUT2D eigenvalue weighted by Crippen LogP contribution is -2.57. The molecule has 1 aliphatic carbocycles. The molecule has 0 N–H and O–H groups in total. The third-order valence-corrected chi connectivity index (χ3v) is 4.84. The van der Waals surface area contributed by atoms with E-state index in [0.717, 1.165) is 24.2 Å². The molecule has 3 rings (SSSR count). The monoisotopic (exact) mass is 398 g/mol. The first-order chi connectivity index (χ1) is 13.1. The van der Waals surface area contributed by atoms with Crippen LogP contribution in [0, 0.1) is 17.6 Å². The number of rotatable bonds is 5. The van der Waals surface area contributed by atoms with Crippen molar-refractivity contribution in [1.82, 2.24) is 9.67 Å². The van der Waals surface area contributed by atoms with Crippen LogP contribution in [0.3, 0.4) is 0 Å². The number of methoxy groups -OCH3 is 1. The van der Waals surface area contributed by atoms with E-state index in [2.05, 4.69) is 14.6 Å². The number of aromatic nitrogens is 3. The molecule has 148 valence electrons. The van der Waals surface area contributed by atoms with Gasteiger partial charge >= 0.3 is 12.1 Å². The van der Waals surface area contributed by atoms with Crippen molar-refractivity contribution in [2.75, 3.05) is 7.11 Å². The van der Waals surface area contributed by atoms with Gasteiger partial charge in [-0.25, -0.2) is 0 Å². The fraction of sp³-hybridized carbons (Fsp3) is 0.412. The Kier molecular flexibility index (Phi) is 4.74. The second-order valence-electron chi connectivity index (χ2n) is 6.41. The van der Waals surface area contributed by atoms with Gasteiger partial charge in [0.1, 0.15) is 12.4 Å². The number of nitrogens with zero attached hydrogens (tertiary/aromatic N) is 4. The van der Waals surface area contributed by atoms with Crippen LogP contribution in [-0.2, 0) is 22.9 Å². The van der Waals surface area contributed by atoms with E-state index in [0.29, 0.717) is 12.5 Å². The topological polar surface area (TPSA) is 75.4 Å². The number of ether oxygens (including phenoxy) is 1. The van der Waals surface area contributed by atoms with Crippen LogP contribution in [0.25, 0.3) is 4.85 Å². The summed E-state index contributed by atoms with van der Waals surface area (Å²) < 4.78 is 58.7. The van der Waals surface area contributed by atoms with Crippen LogP contribution in [-0.4, -0.2) is 22.6 Å². The Hall–Kier alpha value is -3.16. The fourth-order valence-electron chi connectivity index (χ4n) is 3.27. The zero-order chi connectivity index (χ0) is 20.7. The number of pyridine rings is 1. The lowest BCUT2D eigenvalue weighted by Gasteiger charge is -2.38. The molecule has 7 nitrogen and oxygen atoms in total. The van der Waals surface area contributed by atoms with Crippen LogP contribution in [0.4, 0.5) is 23.4 Å².